The molecule has 1 aliphatic carbocycles. The van der Waals surface area contributed by atoms with Gasteiger partial charge in [0.2, 0.25) is 0 Å². The van der Waals surface area contributed by atoms with Crippen LogP contribution in [0.1, 0.15) is 26.2 Å². The lowest BCUT2D eigenvalue weighted by atomic mass is 9.82. The second-order valence-electron chi connectivity index (χ2n) is 3.41. The van der Waals surface area contributed by atoms with Gasteiger partial charge in [-0.05, 0) is 19.8 Å². The Hall–Kier alpha value is -0.180. The quantitative estimate of drug-likeness (QED) is 0.626. The first-order valence-electron chi connectivity index (χ1n) is 4.16. The minimum atomic E-state index is -1.33. The Labute approximate surface area is 66.0 Å². The summed E-state index contributed by atoms with van der Waals surface area (Å²) in [5.41, 5.74) is 5.51. The van der Waals surface area contributed by atoms with E-state index in [1.807, 2.05) is 0 Å². The number of rotatable bonds is 1. The highest BCUT2D eigenvalue weighted by Gasteiger charge is 2.35. The summed E-state index contributed by atoms with van der Waals surface area (Å²) in [6, 6.07) is -0.219. The molecule has 0 bridgehead atoms. The van der Waals surface area contributed by atoms with E-state index in [2.05, 4.69) is 0 Å². The summed E-state index contributed by atoms with van der Waals surface area (Å²) in [6.45, 7) is 1.75. The van der Waals surface area contributed by atoms with Crippen LogP contribution in [0.25, 0.3) is 0 Å². The zero-order valence-electron chi connectivity index (χ0n) is 6.76. The second kappa shape index (κ2) is 3.48. The van der Waals surface area contributed by atoms with E-state index in [4.69, 9.17) is 5.73 Å². The molecule has 0 aromatic rings. The van der Waals surface area contributed by atoms with Crippen LogP contribution in [0.3, 0.4) is 0 Å². The average Bonchev–Trinajstić information content (AvgIpc) is 1.94. The lowest BCUT2D eigenvalue weighted by Crippen LogP contribution is -2.41. The second-order valence-corrected chi connectivity index (χ2v) is 3.41. The minimum Gasteiger partial charge on any atom is -0.328 e. The van der Waals surface area contributed by atoms with Crippen molar-refractivity contribution in [2.45, 2.75) is 44.6 Å². The fourth-order valence-electron chi connectivity index (χ4n) is 1.69. The van der Waals surface area contributed by atoms with Crippen molar-refractivity contribution in [3.05, 3.63) is 0 Å². The molecule has 0 aromatic carbocycles. The van der Waals surface area contributed by atoms with E-state index in [1.165, 1.54) is 0 Å². The topological polar surface area (TPSA) is 26.0 Å². The summed E-state index contributed by atoms with van der Waals surface area (Å²) < 4.78 is 25.8. The number of hydrogen-bond acceptors (Lipinski definition) is 1. The molecule has 1 rings (SSSR count). The Morgan fingerprint density at radius 3 is 2.45 bits per heavy atom. The first-order chi connectivity index (χ1) is 5.13. The molecule has 0 heterocycles. The van der Waals surface area contributed by atoms with Crippen LogP contribution in [-0.4, -0.2) is 18.4 Å². The van der Waals surface area contributed by atoms with Crippen molar-refractivity contribution in [2.75, 3.05) is 0 Å². The molecule has 1 aliphatic rings. The van der Waals surface area contributed by atoms with Gasteiger partial charge in [-0.3, -0.25) is 0 Å². The van der Waals surface area contributed by atoms with E-state index in [-0.39, 0.29) is 12.0 Å². The third-order valence-corrected chi connectivity index (χ3v) is 2.45. The predicted molar refractivity (Wildman–Crippen MR) is 40.8 cm³/mol. The molecule has 2 N–H and O–H groups in total. The Bertz CT molecular complexity index is 127. The van der Waals surface area contributed by atoms with Crippen LogP contribution in [0.15, 0.2) is 0 Å². The monoisotopic (exact) mass is 163 g/mol. The Morgan fingerprint density at radius 2 is 2.00 bits per heavy atom. The van der Waals surface area contributed by atoms with Crippen LogP contribution in [-0.2, 0) is 0 Å². The minimum absolute atomic E-state index is 0.219. The number of alkyl halides is 2. The van der Waals surface area contributed by atoms with Gasteiger partial charge in [-0.15, -0.1) is 0 Å². The zero-order valence-corrected chi connectivity index (χ0v) is 6.76. The van der Waals surface area contributed by atoms with Crippen molar-refractivity contribution in [3.8, 4) is 0 Å². The predicted octanol–water partition coefficient (Wildman–Crippen LogP) is 1.81. The van der Waals surface area contributed by atoms with E-state index in [0.717, 1.165) is 12.8 Å². The fraction of sp³-hybridized carbons (Fsp3) is 1.00. The first kappa shape index (κ1) is 8.91. The molecule has 3 heteroatoms. The molecular weight excluding hydrogens is 148 g/mol. The van der Waals surface area contributed by atoms with Crippen molar-refractivity contribution in [2.24, 2.45) is 11.7 Å². The van der Waals surface area contributed by atoms with Crippen LogP contribution >= 0.6 is 0 Å². The lowest BCUT2D eigenvalue weighted by Gasteiger charge is -2.31. The van der Waals surface area contributed by atoms with Crippen LogP contribution in [0.2, 0.25) is 0 Å². The van der Waals surface area contributed by atoms with Crippen molar-refractivity contribution < 1.29 is 8.78 Å². The van der Waals surface area contributed by atoms with Crippen molar-refractivity contribution in [1.82, 2.24) is 0 Å². The van der Waals surface area contributed by atoms with E-state index in [1.54, 1.807) is 6.92 Å². The number of hydrogen-bond donors (Lipinski definition) is 1. The van der Waals surface area contributed by atoms with E-state index in [0.29, 0.717) is 6.42 Å². The standard InChI is InChI=1S/C8H15F2N/c1-5(11)6-3-2-4-7(9)8(6)10/h5-8H,2-4,11H2,1H3. The van der Waals surface area contributed by atoms with Gasteiger partial charge in [-0.25, -0.2) is 8.78 Å². The van der Waals surface area contributed by atoms with Gasteiger partial charge in [0, 0.05) is 12.0 Å². The van der Waals surface area contributed by atoms with Crippen LogP contribution in [0.4, 0.5) is 8.78 Å². The van der Waals surface area contributed by atoms with Crippen LogP contribution < -0.4 is 5.73 Å². The molecule has 1 nitrogen and oxygen atoms in total. The zero-order chi connectivity index (χ0) is 8.43. The first-order valence-corrected chi connectivity index (χ1v) is 4.16. The summed E-state index contributed by atoms with van der Waals surface area (Å²) >= 11 is 0. The SMILES string of the molecule is CC(N)C1CCCC(F)C1F. The molecular formula is C8H15F2N. The molecule has 0 saturated heterocycles. The summed E-state index contributed by atoms with van der Waals surface area (Å²) in [4.78, 5) is 0. The van der Waals surface area contributed by atoms with Gasteiger partial charge in [0.1, 0.15) is 12.3 Å². The molecule has 0 aromatic heterocycles. The highest BCUT2D eigenvalue weighted by Crippen LogP contribution is 2.30. The number of halogens is 2. The Kier molecular flexibility index (Phi) is 2.82. The van der Waals surface area contributed by atoms with Gasteiger partial charge in [0.05, 0.1) is 0 Å². The van der Waals surface area contributed by atoms with Crippen LogP contribution in [0, 0.1) is 5.92 Å². The molecule has 11 heavy (non-hydrogen) atoms. The Morgan fingerprint density at radius 1 is 1.36 bits per heavy atom. The largest absolute Gasteiger partial charge is 0.328 e. The van der Waals surface area contributed by atoms with Crippen molar-refractivity contribution in [3.63, 3.8) is 0 Å². The molecule has 1 saturated carbocycles. The maximum atomic E-state index is 13.0. The van der Waals surface area contributed by atoms with Crippen molar-refractivity contribution >= 4 is 0 Å². The fourth-order valence-corrected chi connectivity index (χ4v) is 1.69. The summed E-state index contributed by atoms with van der Waals surface area (Å²) in [7, 11) is 0. The highest BCUT2D eigenvalue weighted by molar-refractivity contribution is 4.86. The van der Waals surface area contributed by atoms with Gasteiger partial charge < -0.3 is 5.73 Å². The van der Waals surface area contributed by atoms with E-state index >= 15 is 0 Å². The number of nitrogens with two attached hydrogens (primary N) is 1. The van der Waals surface area contributed by atoms with Crippen molar-refractivity contribution in [1.29, 1.82) is 0 Å². The Balaban J connectivity index is 2.51. The van der Waals surface area contributed by atoms with Gasteiger partial charge in [-0.2, -0.15) is 0 Å². The molecule has 1 fully saturated rings. The van der Waals surface area contributed by atoms with Crippen LogP contribution in [0.5, 0.6) is 0 Å². The van der Waals surface area contributed by atoms with Gasteiger partial charge in [0.25, 0.3) is 0 Å². The summed E-state index contributed by atoms with van der Waals surface area (Å²) in [5.74, 6) is -0.265. The normalized spacial score (nSPS) is 42.0. The molecule has 66 valence electrons. The third kappa shape index (κ3) is 1.89. The van der Waals surface area contributed by atoms with E-state index < -0.39 is 12.3 Å². The third-order valence-electron chi connectivity index (χ3n) is 2.45. The van der Waals surface area contributed by atoms with Gasteiger partial charge >= 0.3 is 0 Å². The maximum Gasteiger partial charge on any atom is 0.135 e. The lowest BCUT2D eigenvalue weighted by molar-refractivity contribution is 0.0570. The molecule has 0 aliphatic heterocycles. The molecule has 0 radical (unpaired) electrons. The summed E-state index contributed by atoms with van der Waals surface area (Å²) in [6.07, 6.45) is -0.735. The smallest absolute Gasteiger partial charge is 0.135 e. The molecule has 0 spiro atoms. The van der Waals surface area contributed by atoms with E-state index in [9.17, 15) is 8.78 Å². The summed E-state index contributed by atoms with van der Waals surface area (Å²) in [5, 5.41) is 0. The molecule has 0 amide bonds. The average molecular weight is 163 g/mol. The maximum absolute atomic E-state index is 13.0. The van der Waals surface area contributed by atoms with Gasteiger partial charge in [-0.1, -0.05) is 6.42 Å². The molecule has 4 unspecified atom stereocenters. The van der Waals surface area contributed by atoms with Gasteiger partial charge in [0.15, 0.2) is 0 Å². The molecule has 4 atom stereocenters. The highest BCUT2D eigenvalue weighted by atomic mass is 19.2.